The van der Waals surface area contributed by atoms with E-state index in [2.05, 4.69) is 49.7 Å². The van der Waals surface area contributed by atoms with Gasteiger partial charge in [0.05, 0.1) is 6.61 Å². The first-order chi connectivity index (χ1) is 10.9. The van der Waals surface area contributed by atoms with Crippen LogP contribution in [0.15, 0.2) is 36.9 Å². The first-order valence-corrected chi connectivity index (χ1v) is 8.31. The Morgan fingerprint density at radius 3 is 2.61 bits per heavy atom. The summed E-state index contributed by atoms with van der Waals surface area (Å²) in [7, 11) is 0. The Balaban J connectivity index is 1.84. The Morgan fingerprint density at radius 1 is 1.30 bits per heavy atom. The number of nitrogens with zero attached hydrogens (tertiary/aromatic N) is 2. The molecule has 124 valence electrons. The van der Waals surface area contributed by atoms with E-state index in [-0.39, 0.29) is 5.41 Å². The van der Waals surface area contributed by atoms with Gasteiger partial charge in [-0.25, -0.2) is 0 Å². The largest absolute Gasteiger partial charge is 0.494 e. The summed E-state index contributed by atoms with van der Waals surface area (Å²) in [6, 6.07) is 8.33. The molecular weight excluding hydrogens is 306 g/mol. The summed E-state index contributed by atoms with van der Waals surface area (Å²) < 4.78 is 8.40. The minimum atomic E-state index is 0.166. The molecule has 0 amide bonds. The van der Waals surface area contributed by atoms with Crippen molar-refractivity contribution in [3.63, 3.8) is 0 Å². The van der Waals surface area contributed by atoms with Crippen LogP contribution in [0.1, 0.15) is 38.6 Å². The van der Waals surface area contributed by atoms with E-state index in [1.165, 1.54) is 5.56 Å². The van der Waals surface area contributed by atoms with Crippen molar-refractivity contribution in [3.05, 3.63) is 53.1 Å². The summed E-state index contributed by atoms with van der Waals surface area (Å²) >= 11 is 5.20. The first-order valence-electron chi connectivity index (χ1n) is 7.90. The van der Waals surface area contributed by atoms with Crippen LogP contribution in [-0.4, -0.2) is 21.4 Å². The zero-order valence-corrected chi connectivity index (χ0v) is 14.9. The maximum absolute atomic E-state index is 5.81. The molecule has 0 fully saturated rings. The van der Waals surface area contributed by atoms with Crippen LogP contribution in [0.25, 0.3) is 0 Å². The fourth-order valence-corrected chi connectivity index (χ4v) is 2.56. The molecule has 0 aliphatic rings. The third kappa shape index (κ3) is 4.79. The van der Waals surface area contributed by atoms with Gasteiger partial charge in [-0.05, 0) is 41.7 Å². The number of H-pyrrole nitrogens is 1. The Kier molecular flexibility index (Phi) is 5.77. The number of hydrogen-bond acceptors (Lipinski definition) is 3. The molecule has 0 radical (unpaired) electrons. The lowest BCUT2D eigenvalue weighted by Gasteiger charge is -2.19. The number of ether oxygens (including phenoxy) is 1. The summed E-state index contributed by atoms with van der Waals surface area (Å²) in [5.74, 6) is 1.85. The van der Waals surface area contributed by atoms with Crippen LogP contribution in [0.4, 0.5) is 0 Å². The van der Waals surface area contributed by atoms with Crippen molar-refractivity contribution >= 4 is 12.2 Å². The van der Waals surface area contributed by atoms with E-state index in [4.69, 9.17) is 17.0 Å². The fourth-order valence-electron chi connectivity index (χ4n) is 2.33. The maximum atomic E-state index is 5.81. The van der Waals surface area contributed by atoms with Gasteiger partial charge in [0.2, 0.25) is 0 Å². The molecule has 1 N–H and O–H groups in total. The monoisotopic (exact) mass is 331 g/mol. The Labute approximate surface area is 143 Å². The van der Waals surface area contributed by atoms with Gasteiger partial charge in [0.25, 0.3) is 0 Å². The highest BCUT2D eigenvalue weighted by Crippen LogP contribution is 2.24. The average Bonchev–Trinajstić information content (AvgIpc) is 2.85. The lowest BCUT2D eigenvalue weighted by Crippen LogP contribution is -2.10. The lowest BCUT2D eigenvalue weighted by atomic mass is 9.87. The molecule has 0 atom stereocenters. The Hall–Kier alpha value is -1.88. The van der Waals surface area contributed by atoms with Crippen molar-refractivity contribution in [1.82, 2.24) is 14.8 Å². The van der Waals surface area contributed by atoms with Crippen LogP contribution in [0.2, 0.25) is 0 Å². The van der Waals surface area contributed by atoms with E-state index in [1.807, 2.05) is 22.8 Å². The third-order valence-electron chi connectivity index (χ3n) is 3.68. The van der Waals surface area contributed by atoms with Crippen molar-refractivity contribution < 1.29 is 4.74 Å². The van der Waals surface area contributed by atoms with E-state index >= 15 is 0 Å². The number of aryl methyl sites for hydroxylation is 1. The smallest absolute Gasteiger partial charge is 0.195 e. The lowest BCUT2D eigenvalue weighted by molar-refractivity contribution is 0.309. The van der Waals surface area contributed by atoms with E-state index < -0.39 is 0 Å². The number of nitrogens with one attached hydrogen (secondary N) is 1. The van der Waals surface area contributed by atoms with Crippen LogP contribution in [0.3, 0.4) is 0 Å². The van der Waals surface area contributed by atoms with E-state index in [0.29, 0.717) is 17.9 Å². The molecule has 1 aromatic heterocycles. The SMILES string of the molecule is C=CCn1c(CCCOc2ccc(C(C)(C)C)cc2)n[nH]c1=S. The summed E-state index contributed by atoms with van der Waals surface area (Å²) in [4.78, 5) is 0. The van der Waals surface area contributed by atoms with E-state index in [1.54, 1.807) is 0 Å². The van der Waals surface area contributed by atoms with Crippen LogP contribution < -0.4 is 4.74 Å². The number of benzene rings is 1. The molecule has 0 saturated heterocycles. The topological polar surface area (TPSA) is 42.8 Å². The number of allylic oxidation sites excluding steroid dienone is 1. The molecule has 0 aliphatic heterocycles. The number of aromatic amines is 1. The molecule has 0 bridgehead atoms. The third-order valence-corrected chi connectivity index (χ3v) is 3.99. The summed E-state index contributed by atoms with van der Waals surface area (Å²) in [5.41, 5.74) is 1.48. The zero-order valence-electron chi connectivity index (χ0n) is 14.1. The van der Waals surface area contributed by atoms with Crippen LogP contribution in [-0.2, 0) is 18.4 Å². The molecular formula is C18H25N3OS. The van der Waals surface area contributed by atoms with Gasteiger partial charge in [-0.3, -0.25) is 5.10 Å². The van der Waals surface area contributed by atoms with E-state index in [0.717, 1.165) is 24.4 Å². The molecule has 5 heteroatoms. The van der Waals surface area contributed by atoms with Gasteiger partial charge >= 0.3 is 0 Å². The Bertz CT molecular complexity index is 692. The molecule has 0 saturated carbocycles. The molecule has 2 rings (SSSR count). The number of hydrogen-bond donors (Lipinski definition) is 1. The second kappa shape index (κ2) is 7.59. The number of rotatable bonds is 7. The normalized spacial score (nSPS) is 11.4. The van der Waals surface area contributed by atoms with E-state index in [9.17, 15) is 0 Å². The van der Waals surface area contributed by atoms with Crippen molar-refractivity contribution in [1.29, 1.82) is 0 Å². The molecule has 4 nitrogen and oxygen atoms in total. The second-order valence-corrected chi connectivity index (χ2v) is 6.96. The maximum Gasteiger partial charge on any atom is 0.195 e. The van der Waals surface area contributed by atoms with Gasteiger partial charge in [-0.15, -0.1) is 6.58 Å². The standard InChI is InChI=1S/C18H25N3OS/c1-5-12-21-16(19-20-17(21)23)7-6-13-22-15-10-8-14(9-11-15)18(2,3)4/h5,8-11H,1,6-7,12-13H2,2-4H3,(H,20,23). The van der Waals surface area contributed by atoms with Crippen LogP contribution >= 0.6 is 12.2 Å². The second-order valence-electron chi connectivity index (χ2n) is 6.57. The highest BCUT2D eigenvalue weighted by atomic mass is 32.1. The highest BCUT2D eigenvalue weighted by Gasteiger charge is 2.13. The van der Waals surface area contributed by atoms with Crippen molar-refractivity contribution in [2.45, 2.75) is 45.6 Å². The molecule has 23 heavy (non-hydrogen) atoms. The summed E-state index contributed by atoms with van der Waals surface area (Å²) in [6.45, 7) is 11.7. The Morgan fingerprint density at radius 2 is 2.00 bits per heavy atom. The van der Waals surface area contributed by atoms with Gasteiger partial charge in [-0.1, -0.05) is 39.0 Å². The summed E-state index contributed by atoms with van der Waals surface area (Å²) in [6.07, 6.45) is 3.53. The summed E-state index contributed by atoms with van der Waals surface area (Å²) in [5, 5.41) is 7.09. The molecule has 1 aromatic carbocycles. The quantitative estimate of drug-likeness (QED) is 0.463. The van der Waals surface area contributed by atoms with Gasteiger partial charge < -0.3 is 9.30 Å². The molecule has 2 aromatic rings. The van der Waals surface area contributed by atoms with Gasteiger partial charge in [0.15, 0.2) is 4.77 Å². The zero-order chi connectivity index (χ0) is 16.9. The van der Waals surface area contributed by atoms with Gasteiger partial charge in [0, 0.05) is 13.0 Å². The van der Waals surface area contributed by atoms with Gasteiger partial charge in [-0.2, -0.15) is 5.10 Å². The van der Waals surface area contributed by atoms with Crippen molar-refractivity contribution in [2.24, 2.45) is 0 Å². The molecule has 1 heterocycles. The van der Waals surface area contributed by atoms with Gasteiger partial charge in [0.1, 0.15) is 11.6 Å². The molecule has 0 unspecified atom stereocenters. The predicted octanol–water partition coefficient (Wildman–Crippen LogP) is 4.44. The van der Waals surface area contributed by atoms with Crippen LogP contribution in [0, 0.1) is 4.77 Å². The number of aromatic nitrogens is 3. The minimum Gasteiger partial charge on any atom is -0.494 e. The first kappa shape index (κ1) is 17.5. The minimum absolute atomic E-state index is 0.166. The average molecular weight is 331 g/mol. The molecule has 0 spiro atoms. The highest BCUT2D eigenvalue weighted by molar-refractivity contribution is 7.71. The van der Waals surface area contributed by atoms with Crippen LogP contribution in [0.5, 0.6) is 5.75 Å². The molecule has 0 aliphatic carbocycles. The fraction of sp³-hybridized carbons (Fsp3) is 0.444. The predicted molar refractivity (Wildman–Crippen MR) is 96.6 cm³/mol. The van der Waals surface area contributed by atoms with Crippen molar-refractivity contribution in [3.8, 4) is 5.75 Å². The van der Waals surface area contributed by atoms with Crippen molar-refractivity contribution in [2.75, 3.05) is 6.61 Å².